The number of methoxy groups -OCH3 is 1. The molecule has 0 aliphatic rings. The summed E-state index contributed by atoms with van der Waals surface area (Å²) >= 11 is 6.92. The maximum Gasteiger partial charge on any atom is 0.341 e. The van der Waals surface area contributed by atoms with Gasteiger partial charge in [0.2, 0.25) is 4.77 Å². The van der Waals surface area contributed by atoms with E-state index in [9.17, 15) is 4.79 Å². The molecule has 3 aromatic heterocycles. The van der Waals surface area contributed by atoms with E-state index < -0.39 is 5.97 Å². The first kappa shape index (κ1) is 17.6. The van der Waals surface area contributed by atoms with Crippen LogP contribution in [0.3, 0.4) is 0 Å². The molecular weight excluding hydrogens is 360 g/mol. The minimum absolute atomic E-state index is 0.397. The Hall–Kier alpha value is -2.23. The number of esters is 1. The SMILES string of the molecule is COC(=O)c1cc(CN(C)Cn2[nH]c(-c3cccs3)nc2=S)oc1C. The number of rotatable bonds is 6. The number of aromatic nitrogens is 3. The van der Waals surface area contributed by atoms with Crippen molar-refractivity contribution in [3.05, 3.63) is 45.4 Å². The first-order valence-electron chi connectivity index (χ1n) is 7.55. The number of furan rings is 1. The quantitative estimate of drug-likeness (QED) is 0.523. The van der Waals surface area contributed by atoms with Crippen molar-refractivity contribution in [3.8, 4) is 10.7 Å². The number of carbonyl (C=O) groups is 1. The minimum Gasteiger partial charge on any atom is -0.465 e. The molecule has 7 nitrogen and oxygen atoms in total. The summed E-state index contributed by atoms with van der Waals surface area (Å²) in [5, 5.41) is 5.21. The van der Waals surface area contributed by atoms with E-state index in [0.29, 0.717) is 35.1 Å². The second-order valence-electron chi connectivity index (χ2n) is 5.59. The summed E-state index contributed by atoms with van der Waals surface area (Å²) in [4.78, 5) is 19.1. The monoisotopic (exact) mass is 378 g/mol. The van der Waals surface area contributed by atoms with Gasteiger partial charge in [-0.25, -0.2) is 9.48 Å². The fourth-order valence-corrected chi connectivity index (χ4v) is 3.33. The fraction of sp³-hybridized carbons (Fsp3) is 0.312. The van der Waals surface area contributed by atoms with Gasteiger partial charge in [-0.3, -0.25) is 10.00 Å². The van der Waals surface area contributed by atoms with Crippen LogP contribution in [0.4, 0.5) is 0 Å². The number of carbonyl (C=O) groups excluding carboxylic acids is 1. The third-order valence-electron chi connectivity index (χ3n) is 3.62. The summed E-state index contributed by atoms with van der Waals surface area (Å²) in [6, 6.07) is 5.67. The molecule has 0 atom stereocenters. The van der Waals surface area contributed by atoms with Crippen LogP contribution in [-0.4, -0.2) is 39.8 Å². The molecule has 25 heavy (non-hydrogen) atoms. The molecule has 0 unspecified atom stereocenters. The van der Waals surface area contributed by atoms with Crippen LogP contribution in [0.5, 0.6) is 0 Å². The Bertz CT molecular complexity index is 924. The molecule has 0 fully saturated rings. The Morgan fingerprint density at radius 3 is 3.04 bits per heavy atom. The van der Waals surface area contributed by atoms with Crippen LogP contribution in [0, 0.1) is 11.7 Å². The topological polar surface area (TPSA) is 76.3 Å². The lowest BCUT2D eigenvalue weighted by atomic mass is 10.2. The number of hydrogen-bond donors (Lipinski definition) is 1. The second kappa shape index (κ2) is 7.34. The Labute approximate surface area is 153 Å². The lowest BCUT2D eigenvalue weighted by molar-refractivity contribution is 0.0599. The molecule has 0 saturated carbocycles. The third-order valence-corrected chi connectivity index (χ3v) is 4.80. The van der Waals surface area contributed by atoms with E-state index in [0.717, 1.165) is 10.7 Å². The predicted octanol–water partition coefficient (Wildman–Crippen LogP) is 3.45. The van der Waals surface area contributed by atoms with Crippen LogP contribution < -0.4 is 0 Å². The van der Waals surface area contributed by atoms with E-state index in [1.807, 2.05) is 29.5 Å². The highest BCUT2D eigenvalue weighted by molar-refractivity contribution is 7.71. The summed E-state index contributed by atoms with van der Waals surface area (Å²) in [6.07, 6.45) is 0. The summed E-state index contributed by atoms with van der Waals surface area (Å²) in [6.45, 7) is 2.78. The molecule has 0 spiro atoms. The number of ether oxygens (including phenoxy) is 1. The van der Waals surface area contributed by atoms with Crippen molar-refractivity contribution in [2.45, 2.75) is 20.1 Å². The molecule has 0 amide bonds. The number of aromatic amines is 1. The number of aryl methyl sites for hydroxylation is 1. The van der Waals surface area contributed by atoms with Crippen LogP contribution in [0.2, 0.25) is 0 Å². The number of H-pyrrole nitrogens is 1. The van der Waals surface area contributed by atoms with Crippen molar-refractivity contribution in [1.82, 2.24) is 19.7 Å². The van der Waals surface area contributed by atoms with E-state index in [2.05, 4.69) is 10.1 Å². The number of nitrogens with one attached hydrogen (secondary N) is 1. The molecule has 0 radical (unpaired) electrons. The van der Waals surface area contributed by atoms with Gasteiger partial charge < -0.3 is 9.15 Å². The molecular formula is C16H18N4O3S2. The molecule has 1 N–H and O–H groups in total. The predicted molar refractivity (Wildman–Crippen MR) is 97.0 cm³/mol. The molecule has 3 heterocycles. The first-order valence-corrected chi connectivity index (χ1v) is 8.83. The van der Waals surface area contributed by atoms with Crippen molar-refractivity contribution in [2.75, 3.05) is 14.2 Å². The number of hydrogen-bond acceptors (Lipinski definition) is 7. The van der Waals surface area contributed by atoms with Gasteiger partial charge in [-0.15, -0.1) is 11.3 Å². The first-order chi connectivity index (χ1) is 12.0. The zero-order chi connectivity index (χ0) is 18.0. The van der Waals surface area contributed by atoms with Gasteiger partial charge in [0.25, 0.3) is 0 Å². The zero-order valence-corrected chi connectivity index (χ0v) is 15.7. The molecule has 9 heteroatoms. The molecule has 0 saturated heterocycles. The maximum absolute atomic E-state index is 11.7. The van der Waals surface area contributed by atoms with Crippen molar-refractivity contribution in [3.63, 3.8) is 0 Å². The average molecular weight is 378 g/mol. The van der Waals surface area contributed by atoms with Crippen molar-refractivity contribution < 1.29 is 13.9 Å². The van der Waals surface area contributed by atoms with Gasteiger partial charge in [-0.1, -0.05) is 6.07 Å². The Kier molecular flexibility index (Phi) is 5.16. The van der Waals surface area contributed by atoms with E-state index in [-0.39, 0.29) is 0 Å². The fourth-order valence-electron chi connectivity index (χ4n) is 2.47. The van der Waals surface area contributed by atoms with Crippen molar-refractivity contribution in [2.24, 2.45) is 0 Å². The number of nitrogens with zero attached hydrogens (tertiary/aromatic N) is 3. The van der Waals surface area contributed by atoms with Gasteiger partial charge in [0.05, 0.1) is 25.2 Å². The van der Waals surface area contributed by atoms with Gasteiger partial charge in [0, 0.05) is 0 Å². The normalized spacial score (nSPS) is 11.2. The van der Waals surface area contributed by atoms with Crippen LogP contribution in [0.1, 0.15) is 21.9 Å². The lowest BCUT2D eigenvalue weighted by Crippen LogP contribution is -2.22. The van der Waals surface area contributed by atoms with E-state index in [1.54, 1.807) is 29.0 Å². The molecule has 0 aromatic carbocycles. The highest BCUT2D eigenvalue weighted by Crippen LogP contribution is 2.21. The molecule has 3 aromatic rings. The lowest BCUT2D eigenvalue weighted by Gasteiger charge is -2.15. The Balaban J connectivity index is 1.70. The Morgan fingerprint density at radius 1 is 1.56 bits per heavy atom. The van der Waals surface area contributed by atoms with Crippen LogP contribution in [0.25, 0.3) is 10.7 Å². The zero-order valence-electron chi connectivity index (χ0n) is 14.1. The molecule has 132 valence electrons. The van der Waals surface area contributed by atoms with Crippen LogP contribution in [0.15, 0.2) is 28.0 Å². The Morgan fingerprint density at radius 2 is 2.36 bits per heavy atom. The standard InChI is InChI=1S/C16H18N4O3S2/c1-10-12(15(21)22-3)7-11(23-10)8-19(2)9-20-16(24)17-14(18-20)13-5-4-6-25-13/h4-7H,8-9H2,1-3H3,(H,17,18,24). The van der Waals surface area contributed by atoms with Crippen molar-refractivity contribution >= 4 is 29.5 Å². The molecule has 3 rings (SSSR count). The summed E-state index contributed by atoms with van der Waals surface area (Å²) in [5.41, 5.74) is 0.448. The smallest absolute Gasteiger partial charge is 0.341 e. The summed E-state index contributed by atoms with van der Waals surface area (Å²) in [5.74, 6) is 1.60. The van der Waals surface area contributed by atoms with Gasteiger partial charge in [0.15, 0.2) is 5.82 Å². The van der Waals surface area contributed by atoms with Gasteiger partial charge >= 0.3 is 5.97 Å². The van der Waals surface area contributed by atoms with Gasteiger partial charge in [-0.05, 0) is 43.7 Å². The average Bonchev–Trinajstić information content (AvgIpc) is 3.28. The highest BCUT2D eigenvalue weighted by atomic mass is 32.1. The summed E-state index contributed by atoms with van der Waals surface area (Å²) < 4.78 is 12.7. The number of thiophene rings is 1. The van der Waals surface area contributed by atoms with Crippen LogP contribution in [-0.2, 0) is 18.0 Å². The van der Waals surface area contributed by atoms with Crippen LogP contribution >= 0.6 is 23.6 Å². The van der Waals surface area contributed by atoms with E-state index in [1.165, 1.54) is 7.11 Å². The van der Waals surface area contributed by atoms with Gasteiger partial charge in [-0.2, -0.15) is 4.98 Å². The highest BCUT2D eigenvalue weighted by Gasteiger charge is 2.16. The summed E-state index contributed by atoms with van der Waals surface area (Å²) in [7, 11) is 3.29. The van der Waals surface area contributed by atoms with E-state index >= 15 is 0 Å². The molecule has 0 aliphatic carbocycles. The third kappa shape index (κ3) is 3.89. The largest absolute Gasteiger partial charge is 0.465 e. The van der Waals surface area contributed by atoms with E-state index in [4.69, 9.17) is 21.4 Å². The minimum atomic E-state index is -0.397. The molecule has 0 bridgehead atoms. The van der Waals surface area contributed by atoms with Gasteiger partial charge in [0.1, 0.15) is 17.1 Å². The maximum atomic E-state index is 11.7. The van der Waals surface area contributed by atoms with Crippen molar-refractivity contribution in [1.29, 1.82) is 0 Å². The second-order valence-corrected chi connectivity index (χ2v) is 6.90. The molecule has 0 aliphatic heterocycles.